The summed E-state index contributed by atoms with van der Waals surface area (Å²) in [5.74, 6) is -6.99. The summed E-state index contributed by atoms with van der Waals surface area (Å²) < 4.78 is 88.9. The van der Waals surface area contributed by atoms with Crippen LogP contribution in [0.2, 0.25) is 0 Å². The summed E-state index contributed by atoms with van der Waals surface area (Å²) in [6, 6.07) is 10.9. The number of nitrogens with one attached hydrogen (secondary N) is 1. The Morgan fingerprint density at radius 3 is 2.04 bits per heavy atom. The van der Waals surface area contributed by atoms with Crippen molar-refractivity contribution in [2.24, 2.45) is 35.5 Å². The number of oxazole rings is 1. The molecule has 2 saturated heterocycles. The number of methoxy groups -OCH3 is 3. The predicted octanol–water partition coefficient (Wildman–Crippen LogP) is 9.70. The van der Waals surface area contributed by atoms with Crippen LogP contribution in [0.4, 0.5) is 10.6 Å². The Hall–Kier alpha value is -8.36. The van der Waals surface area contributed by atoms with Gasteiger partial charge in [0.25, 0.3) is 5.91 Å². The standard InChI is InChI=1S/C94H137N9O24/c1-60-17-13-12-14-18-61(2)79(113-9)55-73-25-20-62(3)88(108)94(112,127-73)92(110)102-31-16-15-19-75(102)91(109)125-80(56-76(104)63(4)50-66(7)86(107)87(115-11)85(106)65(6)49-60)64(5)51-68-22-26-78(81(53-68)114-10)126-93(111)96-30-34-117-36-38-119-40-42-121-44-46-123-48-47-122-45-43-120-41-39-118-37-35-116-33-29-82(105)101-32-28-70-52-69(21-23-72(70)58-101)57-103-90-83(89(95)97-59-98-90)84(100-103)71-24-27-77-74(54-71)99-67(8)124-77/h12-14,17-18,21,23-24,27,50,52,54,59-60,62-65,68,73,75-76,78-81,86-87,104,107,112H,15-16,19-20,22,25-26,28-49,51,53,55-58H2,1-11H3,(H,96,111)(H2,95,97,98)/b14-12+,17-13+,61-18?,66-50+/t60-,62-,63-,64-,65-,68+,73+,75+,76-,78-,79+,80+,81-,86-,87+,94?/m1/s1. The van der Waals surface area contributed by atoms with Crippen LogP contribution in [0.5, 0.6) is 0 Å². The lowest BCUT2D eigenvalue weighted by Crippen LogP contribution is -2.62. The number of carbonyl (C=O) groups is 6. The Balaban J connectivity index is 0.555. The highest BCUT2D eigenvalue weighted by Crippen LogP contribution is 2.39. The van der Waals surface area contributed by atoms with Crippen molar-refractivity contribution in [1.82, 2.24) is 39.8 Å². The number of ether oxygens (including phenoxy) is 14. The van der Waals surface area contributed by atoms with Gasteiger partial charge < -0.3 is 107 Å². The van der Waals surface area contributed by atoms with Crippen LogP contribution >= 0.6 is 0 Å². The molecule has 2 aromatic carbocycles. The van der Waals surface area contributed by atoms with E-state index in [0.29, 0.717) is 216 Å². The molecular weight excluding hydrogens is 1640 g/mol. The van der Waals surface area contributed by atoms with Gasteiger partial charge in [0, 0.05) is 90.6 Å². The van der Waals surface area contributed by atoms with E-state index in [2.05, 4.69) is 38.5 Å². The van der Waals surface area contributed by atoms with E-state index in [1.165, 1.54) is 23.9 Å². The minimum Gasteiger partial charge on any atom is -0.460 e. The number of amides is 3. The van der Waals surface area contributed by atoms with Crippen LogP contribution in [-0.4, -0.2) is 293 Å². The van der Waals surface area contributed by atoms with Crippen molar-refractivity contribution >= 4 is 63.4 Å². The van der Waals surface area contributed by atoms with E-state index in [1.54, 1.807) is 41.1 Å². The monoisotopic (exact) mass is 1780 g/mol. The number of Topliss-reactive ketones (excluding diaryl/α,β-unsaturated/α-hetero) is 2. The first-order valence-electron chi connectivity index (χ1n) is 45.2. The molecule has 4 aliphatic heterocycles. The van der Waals surface area contributed by atoms with Gasteiger partial charge in [0.05, 0.1) is 148 Å². The number of ketones is 2. The van der Waals surface area contributed by atoms with Crippen molar-refractivity contribution in [2.75, 3.05) is 152 Å². The highest BCUT2D eigenvalue weighted by Gasteiger charge is 2.55. The first-order valence-corrected chi connectivity index (χ1v) is 45.2. The topological polar surface area (TPSA) is 406 Å². The van der Waals surface area contributed by atoms with Crippen molar-refractivity contribution in [3.05, 3.63) is 113 Å². The normalized spacial score (nSPS) is 27.2. The van der Waals surface area contributed by atoms with Crippen molar-refractivity contribution < 1.29 is 115 Å². The number of aliphatic hydroxyl groups is 3. The zero-order chi connectivity index (χ0) is 90.9. The van der Waals surface area contributed by atoms with Crippen molar-refractivity contribution in [1.29, 1.82) is 0 Å². The molecule has 5 aromatic rings. The van der Waals surface area contributed by atoms with E-state index in [0.717, 1.165) is 34.2 Å². The number of hydrogen-bond donors (Lipinski definition) is 5. The molecule has 3 aromatic heterocycles. The van der Waals surface area contributed by atoms with Gasteiger partial charge >= 0.3 is 17.8 Å². The van der Waals surface area contributed by atoms with Crippen LogP contribution in [0.15, 0.2) is 94.7 Å². The van der Waals surface area contributed by atoms with E-state index in [-0.39, 0.29) is 68.9 Å². The molecular formula is C94H137N9O24. The van der Waals surface area contributed by atoms with E-state index < -0.39 is 108 Å². The Morgan fingerprint density at radius 2 is 1.37 bits per heavy atom. The summed E-state index contributed by atoms with van der Waals surface area (Å²) in [4.78, 5) is 101. The maximum Gasteiger partial charge on any atom is 0.407 e. The second-order valence-corrected chi connectivity index (χ2v) is 34.3. The predicted molar refractivity (Wildman–Crippen MR) is 472 cm³/mol. The highest BCUT2D eigenvalue weighted by atomic mass is 16.6. The van der Waals surface area contributed by atoms with Crippen molar-refractivity contribution in [2.45, 2.75) is 219 Å². The highest BCUT2D eigenvalue weighted by molar-refractivity contribution is 6.09. The van der Waals surface area contributed by atoms with Gasteiger partial charge in [0.15, 0.2) is 22.9 Å². The lowest BCUT2D eigenvalue weighted by Gasteiger charge is -2.40. The Kier molecular flexibility index (Phi) is 40.7. The number of nitrogen functional groups attached to an aromatic ring is 1. The number of nitrogens with two attached hydrogens (primary N) is 1. The number of anilines is 1. The average Bonchev–Trinajstić information content (AvgIpc) is 1.64. The minimum atomic E-state index is -2.90. The number of aromatic nitrogens is 5. The maximum atomic E-state index is 14.9. The number of aliphatic hydroxyl groups excluding tert-OH is 2. The fourth-order valence-corrected chi connectivity index (χ4v) is 17.4. The van der Waals surface area contributed by atoms with Gasteiger partial charge in [-0.05, 0) is 148 Å². The Morgan fingerprint density at radius 1 is 0.693 bits per heavy atom. The van der Waals surface area contributed by atoms with E-state index in [9.17, 15) is 44.1 Å². The lowest BCUT2D eigenvalue weighted by molar-refractivity contribution is -0.231. The molecule has 1 saturated carbocycles. The summed E-state index contributed by atoms with van der Waals surface area (Å²) >= 11 is 0. The number of fused-ring (bicyclic) bond motifs is 6. The van der Waals surface area contributed by atoms with Crippen molar-refractivity contribution in [3.63, 3.8) is 0 Å². The number of cyclic esters (lactones) is 1. The molecule has 5 aliphatic rings. The third-order valence-electron chi connectivity index (χ3n) is 24.6. The summed E-state index contributed by atoms with van der Waals surface area (Å²) in [5.41, 5.74) is 14.6. The molecule has 2 bridgehead atoms. The Labute approximate surface area is 745 Å². The zero-order valence-electron chi connectivity index (χ0n) is 76.0. The molecule has 3 fully saturated rings. The van der Waals surface area contributed by atoms with Gasteiger partial charge in [-0.25, -0.2) is 29.2 Å². The zero-order valence-corrected chi connectivity index (χ0v) is 76.0. The fourth-order valence-electron chi connectivity index (χ4n) is 17.4. The average molecular weight is 1780 g/mol. The molecule has 1 unspecified atom stereocenters. The van der Waals surface area contributed by atoms with Crippen molar-refractivity contribution in [3.8, 4) is 11.3 Å². The van der Waals surface area contributed by atoms with Gasteiger partial charge in [0.1, 0.15) is 53.8 Å². The largest absolute Gasteiger partial charge is 0.460 e. The lowest BCUT2D eigenvalue weighted by atomic mass is 9.78. The van der Waals surface area contributed by atoms with Crippen LogP contribution in [-0.2, 0) is 110 Å². The van der Waals surface area contributed by atoms with Crippen LogP contribution < -0.4 is 11.1 Å². The number of nitrogens with zero attached hydrogens (tertiary/aromatic N) is 7. The molecule has 33 nitrogen and oxygen atoms in total. The molecule has 0 spiro atoms. The number of allylic oxidation sites excluding steroid dienone is 5. The third-order valence-corrected chi connectivity index (χ3v) is 24.6. The fraction of sp³-hybridized carbons (Fsp3) is 0.660. The first kappa shape index (κ1) is 101. The van der Waals surface area contributed by atoms with Gasteiger partial charge in [-0.3, -0.25) is 19.2 Å². The molecule has 6 N–H and O–H groups in total. The van der Waals surface area contributed by atoms with Crippen LogP contribution in [0, 0.1) is 42.4 Å². The van der Waals surface area contributed by atoms with Gasteiger partial charge in [-0.15, -0.1) is 0 Å². The van der Waals surface area contributed by atoms with E-state index in [1.807, 2.05) is 92.8 Å². The number of carbonyl (C=O) groups excluding carboxylic acids is 6. The van der Waals surface area contributed by atoms with Gasteiger partial charge in [-0.1, -0.05) is 89.3 Å². The van der Waals surface area contributed by atoms with Gasteiger partial charge in [0.2, 0.25) is 11.7 Å². The van der Waals surface area contributed by atoms with Crippen LogP contribution in [0.1, 0.15) is 155 Å². The number of benzene rings is 2. The summed E-state index contributed by atoms with van der Waals surface area (Å²) in [5, 5.41) is 44.6. The number of piperidine rings is 1. The SMILES string of the molecule is CO[C@H]1C[C@@H]2CC[C@@H](C)C(=O)C(O)(O2)C(=O)N2CCCC[C@H]2C(=O)O[C@H]([C@H](C)C[C@@H]2CC[C@@H](OC(=O)NCCOCCOCCOCCOCCOCCOCCOCCOCCC(=O)N3CCc4cc(Cn5nc(-c6ccc7oc(C)nc7c6)c6c(N)ncnc65)ccc4C3)[C@H](OC)C2)C[C@@H](O)[C@H](C)/C=C(\C)[C@@H](O)[C@@H](OC)C(=O)[C@H](C)C[C@H](C)/C=C/C=C/C=C1C. The van der Waals surface area contributed by atoms with Crippen LogP contribution in [0.25, 0.3) is 33.4 Å². The summed E-state index contributed by atoms with van der Waals surface area (Å²) in [6.45, 7) is 22.3. The minimum absolute atomic E-state index is 0.00194. The van der Waals surface area contributed by atoms with Crippen LogP contribution in [0.3, 0.4) is 0 Å². The number of esters is 1. The summed E-state index contributed by atoms with van der Waals surface area (Å²) in [7, 11) is 4.51. The molecule has 127 heavy (non-hydrogen) atoms. The quantitative estimate of drug-likeness (QED) is 0.0107. The molecule has 16 atom stereocenters. The molecule has 1 aliphatic carbocycles. The second-order valence-electron chi connectivity index (χ2n) is 34.3. The molecule has 702 valence electrons. The van der Waals surface area contributed by atoms with Gasteiger partial charge in [-0.2, -0.15) is 5.10 Å². The molecule has 33 heteroatoms. The molecule has 7 heterocycles. The molecule has 10 rings (SSSR count). The number of alkyl carbamates (subject to hydrolysis) is 1. The smallest absolute Gasteiger partial charge is 0.407 e. The number of hydrogen-bond acceptors (Lipinski definition) is 29. The summed E-state index contributed by atoms with van der Waals surface area (Å²) in [6.07, 6.45) is 10.9. The number of rotatable bonds is 37. The van der Waals surface area contributed by atoms with E-state index >= 15 is 0 Å². The second kappa shape index (κ2) is 51.3. The third kappa shape index (κ3) is 29.6. The maximum absolute atomic E-state index is 14.9. The van der Waals surface area contributed by atoms with E-state index in [4.69, 9.17) is 81.6 Å². The molecule has 0 radical (unpaired) electrons. The number of aryl methyl sites for hydroxylation is 1. The Bertz CT molecular complexity index is 4460. The first-order chi connectivity index (χ1) is 61.3. The molecule has 3 amide bonds.